The Balaban J connectivity index is 2.45. The number of thiocarbonyl (C=S) groups is 1. The van der Waals surface area contributed by atoms with Crippen molar-refractivity contribution >= 4 is 23.1 Å². The lowest BCUT2D eigenvalue weighted by Crippen LogP contribution is -2.54. The van der Waals surface area contributed by atoms with Crippen LogP contribution in [0.1, 0.15) is 39.5 Å². The molecular weight excluding hydrogens is 224 g/mol. The predicted octanol–water partition coefficient (Wildman–Crippen LogP) is 1.13. The molecule has 2 atom stereocenters. The van der Waals surface area contributed by atoms with Crippen molar-refractivity contribution in [2.24, 2.45) is 5.73 Å². The fourth-order valence-electron chi connectivity index (χ4n) is 1.70. The quantitative estimate of drug-likeness (QED) is 0.712. The maximum absolute atomic E-state index is 11.8. The molecule has 0 spiro atoms. The summed E-state index contributed by atoms with van der Waals surface area (Å²) < 4.78 is 5.41. The number of ether oxygens (including phenoxy) is 1. The fourth-order valence-corrected chi connectivity index (χ4v) is 1.89. The van der Waals surface area contributed by atoms with E-state index in [-0.39, 0.29) is 12.0 Å². The fraction of sp³-hybridized carbons (Fsp3) is 0.818. The van der Waals surface area contributed by atoms with Gasteiger partial charge in [-0.1, -0.05) is 19.1 Å². The zero-order valence-corrected chi connectivity index (χ0v) is 10.7. The summed E-state index contributed by atoms with van der Waals surface area (Å²) in [6, 6.07) is 0. The molecule has 1 aliphatic rings. The van der Waals surface area contributed by atoms with Crippen LogP contribution >= 0.6 is 12.2 Å². The Bertz CT molecular complexity index is 277. The maximum atomic E-state index is 11.8. The third-order valence-corrected chi connectivity index (χ3v) is 3.55. The van der Waals surface area contributed by atoms with E-state index in [2.05, 4.69) is 5.32 Å². The Kier molecular flexibility index (Phi) is 4.68. The van der Waals surface area contributed by atoms with Gasteiger partial charge in [0.2, 0.25) is 5.91 Å². The zero-order valence-electron chi connectivity index (χ0n) is 9.91. The van der Waals surface area contributed by atoms with Crippen LogP contribution in [0, 0.1) is 0 Å². The van der Waals surface area contributed by atoms with Crippen molar-refractivity contribution in [1.82, 2.24) is 5.32 Å². The van der Waals surface area contributed by atoms with E-state index in [1.165, 1.54) is 0 Å². The second kappa shape index (κ2) is 5.59. The minimum Gasteiger partial charge on any atom is -0.391 e. The summed E-state index contributed by atoms with van der Waals surface area (Å²) in [4.78, 5) is 12.1. The number of carbonyl (C=O) groups excluding carboxylic acids is 1. The van der Waals surface area contributed by atoms with Gasteiger partial charge in [0.05, 0.1) is 23.1 Å². The van der Waals surface area contributed by atoms with Crippen LogP contribution in [-0.2, 0) is 9.53 Å². The molecule has 2 unspecified atom stereocenters. The largest absolute Gasteiger partial charge is 0.391 e. The minimum absolute atomic E-state index is 0.0379. The van der Waals surface area contributed by atoms with Crippen molar-refractivity contribution < 1.29 is 9.53 Å². The predicted molar refractivity (Wildman–Crippen MR) is 67.2 cm³/mol. The van der Waals surface area contributed by atoms with E-state index in [0.29, 0.717) is 17.8 Å². The van der Waals surface area contributed by atoms with Gasteiger partial charge in [-0.15, -0.1) is 0 Å². The summed E-state index contributed by atoms with van der Waals surface area (Å²) in [5.74, 6) is -0.0379. The van der Waals surface area contributed by atoms with Gasteiger partial charge in [0.15, 0.2) is 0 Å². The first kappa shape index (κ1) is 13.4. The van der Waals surface area contributed by atoms with Crippen LogP contribution in [0.3, 0.4) is 0 Å². The molecule has 0 aromatic rings. The van der Waals surface area contributed by atoms with Gasteiger partial charge in [0.1, 0.15) is 0 Å². The normalized spacial score (nSPS) is 23.8. The lowest BCUT2D eigenvalue weighted by Gasteiger charge is -2.28. The molecule has 0 aliphatic carbocycles. The summed E-state index contributed by atoms with van der Waals surface area (Å²) in [5, 5.41) is 2.88. The van der Waals surface area contributed by atoms with Gasteiger partial charge in [-0.25, -0.2) is 0 Å². The van der Waals surface area contributed by atoms with Crippen molar-refractivity contribution in [2.45, 2.75) is 51.2 Å². The molecule has 4 nitrogen and oxygen atoms in total. The highest BCUT2D eigenvalue weighted by Crippen LogP contribution is 2.16. The summed E-state index contributed by atoms with van der Waals surface area (Å²) in [6.07, 6.45) is 3.16. The molecule has 16 heavy (non-hydrogen) atoms. The monoisotopic (exact) mass is 244 g/mol. The number of hydrogen-bond acceptors (Lipinski definition) is 3. The van der Waals surface area contributed by atoms with Crippen LogP contribution < -0.4 is 11.1 Å². The van der Waals surface area contributed by atoms with Gasteiger partial charge < -0.3 is 15.8 Å². The van der Waals surface area contributed by atoms with Crippen molar-refractivity contribution in [3.05, 3.63) is 0 Å². The van der Waals surface area contributed by atoms with Gasteiger partial charge in [-0.2, -0.15) is 0 Å². The first-order valence-corrected chi connectivity index (χ1v) is 6.11. The molecule has 1 heterocycles. The van der Waals surface area contributed by atoms with Crippen molar-refractivity contribution in [2.75, 3.05) is 6.61 Å². The molecule has 1 rings (SSSR count). The molecule has 0 saturated carbocycles. The highest BCUT2D eigenvalue weighted by atomic mass is 32.1. The van der Waals surface area contributed by atoms with Gasteiger partial charge in [0, 0.05) is 6.61 Å². The van der Waals surface area contributed by atoms with Gasteiger partial charge in [-0.3, -0.25) is 4.79 Å². The van der Waals surface area contributed by atoms with Gasteiger partial charge in [0.25, 0.3) is 0 Å². The SMILES string of the molecule is CCC(C)(NC(=O)CC1CCCO1)C(N)=S. The van der Waals surface area contributed by atoms with Crippen LogP contribution in [-0.4, -0.2) is 29.1 Å². The lowest BCUT2D eigenvalue weighted by molar-refractivity contribution is -0.124. The van der Waals surface area contributed by atoms with Crippen LogP contribution in [0.15, 0.2) is 0 Å². The first-order chi connectivity index (χ1) is 7.48. The Morgan fingerprint density at radius 1 is 1.69 bits per heavy atom. The number of amides is 1. The van der Waals surface area contributed by atoms with Gasteiger partial charge in [-0.05, 0) is 26.2 Å². The van der Waals surface area contributed by atoms with Crippen molar-refractivity contribution in [1.29, 1.82) is 0 Å². The molecule has 3 N–H and O–H groups in total. The molecule has 0 aromatic heterocycles. The smallest absolute Gasteiger partial charge is 0.223 e. The molecule has 1 aliphatic heterocycles. The summed E-state index contributed by atoms with van der Waals surface area (Å²) in [5.41, 5.74) is 5.05. The second-order valence-corrected chi connectivity index (χ2v) is 4.88. The summed E-state index contributed by atoms with van der Waals surface area (Å²) in [7, 11) is 0. The number of rotatable bonds is 5. The molecular formula is C11H20N2O2S. The molecule has 92 valence electrons. The van der Waals surface area contributed by atoms with E-state index >= 15 is 0 Å². The molecule has 0 radical (unpaired) electrons. The topological polar surface area (TPSA) is 64.3 Å². The van der Waals surface area contributed by atoms with E-state index in [1.807, 2.05) is 13.8 Å². The highest BCUT2D eigenvalue weighted by molar-refractivity contribution is 7.80. The van der Waals surface area contributed by atoms with Gasteiger partial charge >= 0.3 is 0 Å². The van der Waals surface area contributed by atoms with E-state index in [4.69, 9.17) is 22.7 Å². The number of nitrogens with one attached hydrogen (secondary N) is 1. The van der Waals surface area contributed by atoms with E-state index < -0.39 is 5.54 Å². The molecule has 1 saturated heterocycles. The molecule has 0 aromatic carbocycles. The summed E-state index contributed by atoms with van der Waals surface area (Å²) >= 11 is 4.96. The van der Waals surface area contributed by atoms with Crippen LogP contribution in [0.5, 0.6) is 0 Å². The van der Waals surface area contributed by atoms with E-state index in [9.17, 15) is 4.79 Å². The Labute approximate surface area is 102 Å². The molecule has 1 fully saturated rings. The Morgan fingerprint density at radius 3 is 2.81 bits per heavy atom. The van der Waals surface area contributed by atoms with Crippen molar-refractivity contribution in [3.8, 4) is 0 Å². The van der Waals surface area contributed by atoms with Crippen LogP contribution in [0.25, 0.3) is 0 Å². The standard InChI is InChI=1S/C11H20N2O2S/c1-3-11(2,10(12)16)13-9(14)7-8-5-4-6-15-8/h8H,3-7H2,1-2H3,(H2,12,16)(H,13,14). The van der Waals surface area contributed by atoms with E-state index in [1.54, 1.807) is 0 Å². The summed E-state index contributed by atoms with van der Waals surface area (Å²) in [6.45, 7) is 4.56. The number of hydrogen-bond donors (Lipinski definition) is 2. The average molecular weight is 244 g/mol. The maximum Gasteiger partial charge on any atom is 0.223 e. The average Bonchev–Trinajstić information content (AvgIpc) is 2.69. The molecule has 0 bridgehead atoms. The second-order valence-electron chi connectivity index (χ2n) is 4.44. The van der Waals surface area contributed by atoms with Crippen molar-refractivity contribution in [3.63, 3.8) is 0 Å². The molecule has 5 heteroatoms. The number of carbonyl (C=O) groups is 1. The number of nitrogens with two attached hydrogens (primary N) is 1. The minimum atomic E-state index is -0.578. The van der Waals surface area contributed by atoms with Crippen LogP contribution in [0.2, 0.25) is 0 Å². The lowest BCUT2D eigenvalue weighted by atomic mass is 9.98. The zero-order chi connectivity index (χ0) is 12.2. The Hall–Kier alpha value is -0.680. The highest BCUT2D eigenvalue weighted by Gasteiger charge is 2.29. The third kappa shape index (κ3) is 3.42. The van der Waals surface area contributed by atoms with E-state index in [0.717, 1.165) is 19.4 Å². The third-order valence-electron chi connectivity index (χ3n) is 3.10. The Morgan fingerprint density at radius 2 is 2.38 bits per heavy atom. The van der Waals surface area contributed by atoms with Crippen LogP contribution in [0.4, 0.5) is 0 Å². The first-order valence-electron chi connectivity index (χ1n) is 5.70. The molecule has 1 amide bonds.